The maximum Gasteiger partial charge on any atom is 0.234 e. The second kappa shape index (κ2) is 7.97. The molecule has 112 valence electrons. The molecule has 2 atom stereocenters. The SMILES string of the molecule is CCC(N)C(c1cccnc1)N(C)CC(=O)NC(C)C. The number of likely N-dealkylation sites (N-methyl/N-ethyl adjacent to an activating group) is 1. The van der Waals surface area contributed by atoms with Gasteiger partial charge >= 0.3 is 0 Å². The minimum absolute atomic E-state index is 0.00777. The number of carbonyl (C=O) groups is 1. The van der Waals surface area contributed by atoms with Gasteiger partial charge in [-0.15, -0.1) is 0 Å². The summed E-state index contributed by atoms with van der Waals surface area (Å²) in [5, 5.41) is 2.90. The van der Waals surface area contributed by atoms with Crippen LogP contribution in [0.4, 0.5) is 0 Å². The van der Waals surface area contributed by atoms with Gasteiger partial charge in [0.15, 0.2) is 0 Å². The lowest BCUT2D eigenvalue weighted by molar-refractivity contribution is -0.123. The predicted octanol–water partition coefficient (Wildman–Crippen LogP) is 1.32. The monoisotopic (exact) mass is 278 g/mol. The molecule has 0 aliphatic carbocycles. The zero-order valence-electron chi connectivity index (χ0n) is 12.8. The van der Waals surface area contributed by atoms with Crippen molar-refractivity contribution in [3.8, 4) is 0 Å². The van der Waals surface area contributed by atoms with Gasteiger partial charge in [0.05, 0.1) is 12.6 Å². The highest BCUT2D eigenvalue weighted by molar-refractivity contribution is 5.78. The van der Waals surface area contributed by atoms with E-state index < -0.39 is 0 Å². The Labute approximate surface area is 121 Å². The second-order valence-electron chi connectivity index (χ2n) is 5.44. The molecule has 1 heterocycles. The molecule has 0 saturated carbocycles. The normalized spacial score (nSPS) is 14.3. The van der Waals surface area contributed by atoms with Gasteiger partial charge in [0.2, 0.25) is 5.91 Å². The first-order chi connectivity index (χ1) is 9.45. The smallest absolute Gasteiger partial charge is 0.234 e. The van der Waals surface area contributed by atoms with E-state index in [1.165, 1.54) is 0 Å². The Morgan fingerprint density at radius 1 is 1.50 bits per heavy atom. The van der Waals surface area contributed by atoms with Gasteiger partial charge in [0.1, 0.15) is 0 Å². The zero-order valence-corrected chi connectivity index (χ0v) is 12.8. The van der Waals surface area contributed by atoms with Crippen LogP contribution in [0.5, 0.6) is 0 Å². The van der Waals surface area contributed by atoms with Crippen LogP contribution in [0, 0.1) is 0 Å². The predicted molar refractivity (Wildman–Crippen MR) is 81.2 cm³/mol. The van der Waals surface area contributed by atoms with Gasteiger partial charge in [-0.1, -0.05) is 13.0 Å². The number of hydrogen-bond donors (Lipinski definition) is 2. The zero-order chi connectivity index (χ0) is 15.1. The molecular weight excluding hydrogens is 252 g/mol. The van der Waals surface area contributed by atoms with Gasteiger partial charge in [0.25, 0.3) is 0 Å². The summed E-state index contributed by atoms with van der Waals surface area (Å²) in [6.45, 7) is 6.28. The standard InChI is InChI=1S/C15H26N4O/c1-5-13(16)15(12-7-6-8-17-9-12)19(4)10-14(20)18-11(2)3/h6-9,11,13,15H,5,10,16H2,1-4H3,(H,18,20). The third-order valence-corrected chi connectivity index (χ3v) is 3.22. The van der Waals surface area contributed by atoms with Crippen LogP contribution in [0.2, 0.25) is 0 Å². The van der Waals surface area contributed by atoms with Crippen LogP contribution < -0.4 is 11.1 Å². The summed E-state index contributed by atoms with van der Waals surface area (Å²) in [7, 11) is 1.92. The molecule has 1 amide bonds. The molecule has 5 nitrogen and oxygen atoms in total. The van der Waals surface area contributed by atoms with Crippen LogP contribution >= 0.6 is 0 Å². The minimum Gasteiger partial charge on any atom is -0.353 e. The van der Waals surface area contributed by atoms with E-state index in [2.05, 4.69) is 17.2 Å². The summed E-state index contributed by atoms with van der Waals surface area (Å²) in [5.41, 5.74) is 7.27. The topological polar surface area (TPSA) is 71.2 Å². The highest BCUT2D eigenvalue weighted by atomic mass is 16.2. The molecule has 0 bridgehead atoms. The van der Waals surface area contributed by atoms with E-state index in [1.807, 2.05) is 44.1 Å². The first kappa shape index (κ1) is 16.6. The van der Waals surface area contributed by atoms with Crippen molar-refractivity contribution < 1.29 is 4.79 Å². The van der Waals surface area contributed by atoms with Crippen LogP contribution in [0.25, 0.3) is 0 Å². The second-order valence-corrected chi connectivity index (χ2v) is 5.44. The molecule has 1 aromatic rings. The number of rotatable bonds is 7. The first-order valence-electron chi connectivity index (χ1n) is 7.10. The number of amides is 1. The van der Waals surface area contributed by atoms with E-state index in [0.717, 1.165) is 12.0 Å². The fourth-order valence-electron chi connectivity index (χ4n) is 2.30. The quantitative estimate of drug-likeness (QED) is 0.789. The summed E-state index contributed by atoms with van der Waals surface area (Å²) in [6.07, 6.45) is 4.40. The van der Waals surface area contributed by atoms with Crippen LogP contribution in [-0.4, -0.2) is 41.5 Å². The Bertz CT molecular complexity index is 408. The van der Waals surface area contributed by atoms with E-state index in [4.69, 9.17) is 5.73 Å². The minimum atomic E-state index is -0.0314. The lowest BCUT2D eigenvalue weighted by atomic mass is 9.98. The molecular formula is C15H26N4O. The molecule has 0 radical (unpaired) electrons. The Morgan fingerprint density at radius 3 is 2.70 bits per heavy atom. The molecule has 3 N–H and O–H groups in total. The van der Waals surface area contributed by atoms with Gasteiger partial charge < -0.3 is 11.1 Å². The van der Waals surface area contributed by atoms with Gasteiger partial charge in [0, 0.05) is 24.5 Å². The molecule has 0 aliphatic heterocycles. The number of aromatic nitrogens is 1. The van der Waals surface area contributed by atoms with Crippen molar-refractivity contribution in [3.63, 3.8) is 0 Å². The van der Waals surface area contributed by atoms with Crippen LogP contribution in [0.3, 0.4) is 0 Å². The van der Waals surface area contributed by atoms with Crippen molar-refractivity contribution in [2.24, 2.45) is 5.73 Å². The molecule has 5 heteroatoms. The molecule has 20 heavy (non-hydrogen) atoms. The summed E-state index contributed by atoms with van der Waals surface area (Å²) in [6, 6.07) is 4.01. The van der Waals surface area contributed by atoms with Crippen LogP contribution in [0.15, 0.2) is 24.5 Å². The van der Waals surface area contributed by atoms with Gasteiger partial charge in [-0.05, 0) is 38.9 Å². The number of nitrogens with one attached hydrogen (secondary N) is 1. The number of nitrogens with zero attached hydrogens (tertiary/aromatic N) is 2. The average Bonchev–Trinajstić information content (AvgIpc) is 2.38. The summed E-state index contributed by atoms with van der Waals surface area (Å²) >= 11 is 0. The maximum absolute atomic E-state index is 11.9. The fraction of sp³-hybridized carbons (Fsp3) is 0.600. The third kappa shape index (κ3) is 4.90. The highest BCUT2D eigenvalue weighted by Gasteiger charge is 2.24. The molecule has 0 spiro atoms. The van der Waals surface area contributed by atoms with Crippen molar-refractivity contribution >= 4 is 5.91 Å². The molecule has 0 aliphatic rings. The number of hydrogen-bond acceptors (Lipinski definition) is 4. The largest absolute Gasteiger partial charge is 0.353 e. The molecule has 0 saturated heterocycles. The summed E-state index contributed by atoms with van der Waals surface area (Å²) < 4.78 is 0. The summed E-state index contributed by atoms with van der Waals surface area (Å²) in [5.74, 6) is 0.0136. The van der Waals surface area contributed by atoms with E-state index in [0.29, 0.717) is 6.54 Å². The van der Waals surface area contributed by atoms with E-state index >= 15 is 0 Å². The van der Waals surface area contributed by atoms with Gasteiger partial charge in [-0.25, -0.2) is 0 Å². The Morgan fingerprint density at radius 2 is 2.20 bits per heavy atom. The van der Waals surface area contributed by atoms with Crippen molar-refractivity contribution in [2.75, 3.05) is 13.6 Å². The van der Waals surface area contributed by atoms with Crippen molar-refractivity contribution in [2.45, 2.75) is 45.3 Å². The fourth-order valence-corrected chi connectivity index (χ4v) is 2.30. The van der Waals surface area contributed by atoms with Crippen molar-refractivity contribution in [3.05, 3.63) is 30.1 Å². The lowest BCUT2D eigenvalue weighted by Crippen LogP contribution is -2.44. The van der Waals surface area contributed by atoms with Gasteiger partial charge in [-0.3, -0.25) is 14.7 Å². The van der Waals surface area contributed by atoms with E-state index in [-0.39, 0.29) is 24.0 Å². The van der Waals surface area contributed by atoms with E-state index in [9.17, 15) is 4.79 Å². The van der Waals surface area contributed by atoms with E-state index in [1.54, 1.807) is 6.20 Å². The van der Waals surface area contributed by atoms with Gasteiger partial charge in [-0.2, -0.15) is 0 Å². The van der Waals surface area contributed by atoms with Crippen molar-refractivity contribution in [1.82, 2.24) is 15.2 Å². The number of nitrogens with two attached hydrogens (primary N) is 1. The number of pyridine rings is 1. The Hall–Kier alpha value is -1.46. The number of carbonyl (C=O) groups excluding carboxylic acids is 1. The maximum atomic E-state index is 11.9. The average molecular weight is 278 g/mol. The molecule has 2 unspecified atom stereocenters. The van der Waals surface area contributed by atoms with Crippen molar-refractivity contribution in [1.29, 1.82) is 0 Å². The summed E-state index contributed by atoms with van der Waals surface area (Å²) in [4.78, 5) is 18.0. The Kier molecular flexibility index (Phi) is 6.61. The Balaban J connectivity index is 2.81. The van der Waals surface area contributed by atoms with Crippen LogP contribution in [0.1, 0.15) is 38.8 Å². The molecule has 1 aromatic heterocycles. The lowest BCUT2D eigenvalue weighted by Gasteiger charge is -2.32. The molecule has 0 fully saturated rings. The molecule has 1 rings (SSSR count). The third-order valence-electron chi connectivity index (χ3n) is 3.22. The highest BCUT2D eigenvalue weighted by Crippen LogP contribution is 2.22. The van der Waals surface area contributed by atoms with Crippen LogP contribution in [-0.2, 0) is 4.79 Å². The first-order valence-corrected chi connectivity index (χ1v) is 7.10. The molecule has 0 aromatic carbocycles.